The van der Waals surface area contributed by atoms with Crippen molar-refractivity contribution in [3.05, 3.63) is 24.3 Å². The van der Waals surface area contributed by atoms with E-state index in [4.69, 9.17) is 18.5 Å². The number of carbonyl (C=O) groups is 2. The molecule has 0 radical (unpaired) electrons. The molecule has 0 aliphatic carbocycles. The van der Waals surface area contributed by atoms with Crippen LogP contribution in [0.5, 0.6) is 0 Å². The number of hydrogen-bond acceptors (Lipinski definition) is 7. The number of unbranched alkanes of at least 4 members (excludes halogenated alkanes) is 19. The van der Waals surface area contributed by atoms with Crippen LogP contribution in [0.1, 0.15) is 174 Å². The van der Waals surface area contributed by atoms with Crippen molar-refractivity contribution in [2.45, 2.75) is 180 Å². The van der Waals surface area contributed by atoms with Crippen LogP contribution in [-0.2, 0) is 32.7 Å². The standard InChI is InChI=1S/C41H78NO8P/c1-6-8-10-12-14-16-18-20-22-23-25-27-29-31-33-40(43)47-37-39(38-49-51(45,46)48-36-35-42(3,4)5)50-41(44)34-32-30-28-26-24-21-19-17-15-13-11-9-7-2/h21,24,28,30,39H,6-20,22-23,25-27,29,31-38H2,1-5H3/p+1/b24-21+,30-28+. The Balaban J connectivity index is 4.46. The summed E-state index contributed by atoms with van der Waals surface area (Å²) in [6.07, 6.45) is 35.2. The van der Waals surface area contributed by atoms with Crippen LogP contribution >= 0.6 is 7.82 Å². The number of allylic oxidation sites excluding steroid dienone is 4. The molecule has 0 saturated carbocycles. The van der Waals surface area contributed by atoms with E-state index >= 15 is 0 Å². The number of phosphoric acid groups is 1. The summed E-state index contributed by atoms with van der Waals surface area (Å²) in [5.41, 5.74) is 0. The van der Waals surface area contributed by atoms with Crippen molar-refractivity contribution in [1.82, 2.24) is 0 Å². The average Bonchev–Trinajstić information content (AvgIpc) is 3.07. The van der Waals surface area contributed by atoms with Crippen molar-refractivity contribution in [2.24, 2.45) is 0 Å². The molecule has 0 aromatic carbocycles. The van der Waals surface area contributed by atoms with Gasteiger partial charge in [-0.2, -0.15) is 0 Å². The molecule has 0 saturated heterocycles. The van der Waals surface area contributed by atoms with Crippen LogP contribution in [0.2, 0.25) is 0 Å². The highest BCUT2D eigenvalue weighted by Gasteiger charge is 2.27. The molecule has 1 N–H and O–H groups in total. The second-order valence-electron chi connectivity index (χ2n) is 15.0. The van der Waals surface area contributed by atoms with E-state index in [1.165, 1.54) is 109 Å². The first-order valence-corrected chi connectivity index (χ1v) is 22.1. The predicted octanol–water partition coefficient (Wildman–Crippen LogP) is 11.2. The van der Waals surface area contributed by atoms with Crippen molar-refractivity contribution in [3.63, 3.8) is 0 Å². The van der Waals surface area contributed by atoms with E-state index in [1.807, 2.05) is 33.3 Å². The predicted molar refractivity (Wildman–Crippen MR) is 211 cm³/mol. The molecule has 51 heavy (non-hydrogen) atoms. The van der Waals surface area contributed by atoms with E-state index in [9.17, 15) is 19.0 Å². The van der Waals surface area contributed by atoms with Gasteiger partial charge in [-0.25, -0.2) is 4.57 Å². The summed E-state index contributed by atoms with van der Waals surface area (Å²) in [5.74, 6) is -0.873. The summed E-state index contributed by atoms with van der Waals surface area (Å²) >= 11 is 0. The molecule has 300 valence electrons. The molecule has 0 bridgehead atoms. The Morgan fingerprint density at radius 1 is 0.608 bits per heavy atom. The lowest BCUT2D eigenvalue weighted by Crippen LogP contribution is -2.37. The SMILES string of the molecule is CCCCCCCC/C=C/C/C=C/CCC(=O)OC(COC(=O)CCCCCCCCCCCCCCCC)COP(=O)(O)OCC[N+](C)(C)C. The van der Waals surface area contributed by atoms with Crippen LogP contribution in [-0.4, -0.2) is 74.9 Å². The smallest absolute Gasteiger partial charge is 0.462 e. The van der Waals surface area contributed by atoms with Gasteiger partial charge < -0.3 is 18.9 Å². The minimum Gasteiger partial charge on any atom is -0.462 e. The van der Waals surface area contributed by atoms with Gasteiger partial charge in [-0.05, 0) is 32.1 Å². The minimum absolute atomic E-state index is 0.0243. The van der Waals surface area contributed by atoms with Crippen LogP contribution in [0.4, 0.5) is 0 Å². The molecule has 0 aromatic heterocycles. The monoisotopic (exact) mass is 745 g/mol. The Bertz CT molecular complexity index is 933. The van der Waals surface area contributed by atoms with Gasteiger partial charge in [-0.3, -0.25) is 18.6 Å². The van der Waals surface area contributed by atoms with E-state index in [0.717, 1.165) is 32.1 Å². The highest BCUT2D eigenvalue weighted by atomic mass is 31.2. The van der Waals surface area contributed by atoms with Crippen LogP contribution in [0.3, 0.4) is 0 Å². The third kappa shape index (κ3) is 38.0. The molecule has 0 rings (SSSR count). The van der Waals surface area contributed by atoms with E-state index in [0.29, 0.717) is 17.4 Å². The van der Waals surface area contributed by atoms with Crippen molar-refractivity contribution < 1.29 is 42.1 Å². The normalized spacial score (nSPS) is 13.9. The highest BCUT2D eigenvalue weighted by molar-refractivity contribution is 7.47. The third-order valence-corrected chi connectivity index (χ3v) is 9.73. The Labute approximate surface area is 313 Å². The molecule has 0 heterocycles. The van der Waals surface area contributed by atoms with Crippen LogP contribution < -0.4 is 0 Å². The van der Waals surface area contributed by atoms with Crippen LogP contribution in [0, 0.1) is 0 Å². The number of ether oxygens (including phenoxy) is 2. The fourth-order valence-corrected chi connectivity index (χ4v) is 6.22. The number of hydrogen-bond donors (Lipinski definition) is 1. The van der Waals surface area contributed by atoms with Crippen LogP contribution in [0.25, 0.3) is 0 Å². The maximum Gasteiger partial charge on any atom is 0.472 e. The topological polar surface area (TPSA) is 108 Å². The Hall–Kier alpha value is -1.51. The maximum absolute atomic E-state index is 12.6. The maximum atomic E-state index is 12.6. The molecular weight excluding hydrogens is 665 g/mol. The third-order valence-electron chi connectivity index (χ3n) is 8.75. The number of carbonyl (C=O) groups excluding carboxylic acids is 2. The van der Waals surface area contributed by atoms with Gasteiger partial charge in [-0.1, -0.05) is 154 Å². The number of quaternary nitrogens is 1. The van der Waals surface area contributed by atoms with Gasteiger partial charge in [0.2, 0.25) is 0 Å². The Morgan fingerprint density at radius 2 is 1.10 bits per heavy atom. The molecule has 10 heteroatoms. The van der Waals surface area contributed by atoms with Crippen molar-refractivity contribution in [3.8, 4) is 0 Å². The Kier molecular flexibility index (Phi) is 33.3. The molecule has 0 aliphatic rings. The molecule has 0 fully saturated rings. The lowest BCUT2D eigenvalue weighted by Gasteiger charge is -2.24. The van der Waals surface area contributed by atoms with E-state index in [2.05, 4.69) is 26.0 Å². The van der Waals surface area contributed by atoms with E-state index < -0.39 is 26.5 Å². The first kappa shape index (κ1) is 49.5. The second kappa shape index (κ2) is 34.3. The van der Waals surface area contributed by atoms with E-state index in [1.54, 1.807) is 0 Å². The van der Waals surface area contributed by atoms with E-state index in [-0.39, 0.29) is 32.0 Å². The van der Waals surface area contributed by atoms with Crippen molar-refractivity contribution in [2.75, 3.05) is 47.5 Å². The lowest BCUT2D eigenvalue weighted by molar-refractivity contribution is -0.870. The first-order valence-electron chi connectivity index (χ1n) is 20.6. The fraction of sp³-hybridized carbons (Fsp3) is 0.854. The summed E-state index contributed by atoms with van der Waals surface area (Å²) < 4.78 is 34.1. The highest BCUT2D eigenvalue weighted by Crippen LogP contribution is 2.43. The fourth-order valence-electron chi connectivity index (χ4n) is 5.48. The van der Waals surface area contributed by atoms with Gasteiger partial charge in [0.15, 0.2) is 6.10 Å². The van der Waals surface area contributed by atoms with Gasteiger partial charge >= 0.3 is 19.8 Å². The molecule has 0 amide bonds. The van der Waals surface area contributed by atoms with Crippen LogP contribution in [0.15, 0.2) is 24.3 Å². The largest absolute Gasteiger partial charge is 0.472 e. The zero-order chi connectivity index (χ0) is 37.9. The summed E-state index contributed by atoms with van der Waals surface area (Å²) in [6.45, 7) is 4.35. The van der Waals surface area contributed by atoms with Gasteiger partial charge in [-0.15, -0.1) is 0 Å². The number of nitrogens with zero attached hydrogens (tertiary/aromatic N) is 1. The molecule has 0 spiro atoms. The summed E-state index contributed by atoms with van der Waals surface area (Å²) in [7, 11) is 1.45. The lowest BCUT2D eigenvalue weighted by atomic mass is 10.0. The zero-order valence-electron chi connectivity index (χ0n) is 33.6. The Morgan fingerprint density at radius 3 is 1.63 bits per heavy atom. The van der Waals surface area contributed by atoms with Gasteiger partial charge in [0, 0.05) is 12.8 Å². The molecule has 0 aliphatic heterocycles. The van der Waals surface area contributed by atoms with Gasteiger partial charge in [0.1, 0.15) is 19.8 Å². The molecular formula is C41H79NO8P+. The zero-order valence-corrected chi connectivity index (χ0v) is 34.5. The number of esters is 2. The number of phosphoric ester groups is 1. The molecule has 2 unspecified atom stereocenters. The average molecular weight is 745 g/mol. The number of likely N-dealkylation sites (N-methyl/N-ethyl adjacent to an activating group) is 1. The molecule has 0 aromatic rings. The van der Waals surface area contributed by atoms with Crippen molar-refractivity contribution >= 4 is 19.8 Å². The first-order chi connectivity index (χ1) is 24.5. The molecule has 2 atom stereocenters. The summed E-state index contributed by atoms with van der Waals surface area (Å²) in [6, 6.07) is 0. The minimum atomic E-state index is -4.38. The van der Waals surface area contributed by atoms with Gasteiger partial charge in [0.25, 0.3) is 0 Å². The van der Waals surface area contributed by atoms with Crippen molar-refractivity contribution in [1.29, 1.82) is 0 Å². The quantitative estimate of drug-likeness (QED) is 0.0220. The molecule has 9 nitrogen and oxygen atoms in total. The second-order valence-corrected chi connectivity index (χ2v) is 16.5. The van der Waals surface area contributed by atoms with Gasteiger partial charge in [0.05, 0.1) is 27.7 Å². The summed E-state index contributed by atoms with van der Waals surface area (Å²) in [5, 5.41) is 0. The summed E-state index contributed by atoms with van der Waals surface area (Å²) in [4.78, 5) is 35.2. The number of rotatable bonds is 37.